The molecular weight excluding hydrogens is 745 g/mol. The maximum Gasteiger partial charge on any atom is 0.0821 e. The molecule has 1 spiro atoms. The molecule has 9 aromatic carbocycles. The summed E-state index contributed by atoms with van der Waals surface area (Å²) in [5, 5.41) is 1.30. The van der Waals surface area contributed by atoms with Gasteiger partial charge in [0.05, 0.1) is 11.1 Å². The predicted molar refractivity (Wildman–Crippen MR) is 253 cm³/mol. The number of fused-ring (bicyclic) bond motifs is 12. The lowest BCUT2D eigenvalue weighted by molar-refractivity contribution is 0.811. The Balaban J connectivity index is 1.14. The highest BCUT2D eigenvalue weighted by atomic mass is 32.1. The molecule has 1 atom stereocenters. The van der Waals surface area contributed by atoms with Crippen LogP contribution in [0.5, 0.6) is 0 Å². The summed E-state index contributed by atoms with van der Waals surface area (Å²) in [6.07, 6.45) is 0. The molecule has 0 saturated heterocycles. The van der Waals surface area contributed by atoms with Crippen molar-refractivity contribution in [1.82, 2.24) is 0 Å². The van der Waals surface area contributed by atoms with Crippen molar-refractivity contribution in [2.45, 2.75) is 5.41 Å². The lowest BCUT2D eigenvalue weighted by Gasteiger charge is -2.32. The van der Waals surface area contributed by atoms with Crippen LogP contribution in [0.3, 0.4) is 0 Å². The maximum atomic E-state index is 2.50. The lowest BCUT2D eigenvalue weighted by atomic mass is 9.73. The molecule has 2 nitrogen and oxygen atoms in total. The summed E-state index contributed by atoms with van der Waals surface area (Å²) in [5.74, 6) is 0. The van der Waals surface area contributed by atoms with Gasteiger partial charge in [-0.15, -0.1) is 11.3 Å². The van der Waals surface area contributed by atoms with Crippen LogP contribution >= 0.6 is 11.3 Å². The Morgan fingerprint density at radius 3 is 1.55 bits per heavy atom. The van der Waals surface area contributed by atoms with Crippen LogP contribution in [-0.4, -0.2) is 0 Å². The highest BCUT2D eigenvalue weighted by Crippen LogP contribution is 2.68. The zero-order chi connectivity index (χ0) is 39.6. The van der Waals surface area contributed by atoms with Crippen molar-refractivity contribution >= 4 is 55.5 Å². The van der Waals surface area contributed by atoms with Gasteiger partial charge in [-0.1, -0.05) is 158 Å². The number of anilines is 6. The zero-order valence-electron chi connectivity index (χ0n) is 32.7. The maximum absolute atomic E-state index is 2.50. The second-order valence-corrected chi connectivity index (χ2v) is 16.7. The van der Waals surface area contributed by atoms with Crippen LogP contribution in [0.1, 0.15) is 21.6 Å². The number of hydrogen-bond acceptors (Lipinski definition) is 3. The molecule has 0 radical (unpaired) electrons. The molecular formula is C57H38N2S. The van der Waals surface area contributed by atoms with Gasteiger partial charge in [0, 0.05) is 54.5 Å². The van der Waals surface area contributed by atoms with Gasteiger partial charge in [-0.2, -0.15) is 0 Å². The van der Waals surface area contributed by atoms with E-state index in [0.717, 1.165) is 28.4 Å². The van der Waals surface area contributed by atoms with E-state index in [1.165, 1.54) is 70.7 Å². The van der Waals surface area contributed by atoms with Crippen molar-refractivity contribution < 1.29 is 0 Å². The minimum absolute atomic E-state index is 0.537. The van der Waals surface area contributed by atoms with Crippen LogP contribution in [0.2, 0.25) is 0 Å². The first-order chi connectivity index (χ1) is 29.8. The van der Waals surface area contributed by atoms with Crippen LogP contribution in [0.4, 0.5) is 34.1 Å². The summed E-state index contributed by atoms with van der Waals surface area (Å²) >= 11 is 1.95. The van der Waals surface area contributed by atoms with Crippen molar-refractivity contribution in [2.75, 3.05) is 9.80 Å². The molecule has 0 amide bonds. The van der Waals surface area contributed by atoms with Crippen LogP contribution in [0, 0.1) is 0 Å². The molecule has 0 bridgehead atoms. The fourth-order valence-corrected chi connectivity index (χ4v) is 11.4. The van der Waals surface area contributed by atoms with Crippen LogP contribution in [0.15, 0.2) is 231 Å². The molecule has 1 aromatic heterocycles. The SMILES string of the molecule is c1ccc(-c2ccc(N(c3ccccc3)c3ccc4c(c3)C3(c5ccccc5-4)c4cccc(N(c5ccccc5)c5ccccc5)c4-c4c3sc3ccccc43)cc2)cc1. The molecule has 0 fully saturated rings. The first-order valence-corrected chi connectivity index (χ1v) is 21.4. The second kappa shape index (κ2) is 13.8. The summed E-state index contributed by atoms with van der Waals surface area (Å²) < 4.78 is 1.31. The van der Waals surface area contributed by atoms with E-state index in [2.05, 4.69) is 240 Å². The second-order valence-electron chi connectivity index (χ2n) is 15.6. The molecule has 60 heavy (non-hydrogen) atoms. The molecule has 3 heteroatoms. The average Bonchev–Trinajstić information content (AvgIpc) is 3.95. The minimum Gasteiger partial charge on any atom is -0.310 e. The summed E-state index contributed by atoms with van der Waals surface area (Å²) in [6, 6.07) is 84.4. The Morgan fingerprint density at radius 2 is 0.850 bits per heavy atom. The van der Waals surface area contributed by atoms with E-state index in [4.69, 9.17) is 0 Å². The van der Waals surface area contributed by atoms with Crippen molar-refractivity contribution in [1.29, 1.82) is 0 Å². The smallest absolute Gasteiger partial charge is 0.0821 e. The van der Waals surface area contributed by atoms with Gasteiger partial charge in [0.1, 0.15) is 0 Å². The van der Waals surface area contributed by atoms with Gasteiger partial charge < -0.3 is 9.80 Å². The summed E-state index contributed by atoms with van der Waals surface area (Å²) in [5.41, 5.74) is 17.9. The number of nitrogens with zero attached hydrogens (tertiary/aromatic N) is 2. The lowest BCUT2D eigenvalue weighted by Crippen LogP contribution is -2.25. The third kappa shape index (κ3) is 5.13. The number of rotatable bonds is 7. The molecule has 1 heterocycles. The topological polar surface area (TPSA) is 6.48 Å². The van der Waals surface area contributed by atoms with Gasteiger partial charge in [0.25, 0.3) is 0 Å². The third-order valence-corrected chi connectivity index (χ3v) is 13.7. The molecule has 10 aromatic rings. The molecule has 2 aliphatic rings. The van der Waals surface area contributed by atoms with Crippen LogP contribution in [0.25, 0.3) is 43.5 Å². The average molecular weight is 783 g/mol. The summed E-state index contributed by atoms with van der Waals surface area (Å²) in [7, 11) is 0. The Bertz CT molecular complexity index is 3150. The Kier molecular flexibility index (Phi) is 7.97. The first kappa shape index (κ1) is 34.6. The van der Waals surface area contributed by atoms with E-state index in [9.17, 15) is 0 Å². The van der Waals surface area contributed by atoms with Gasteiger partial charge in [-0.3, -0.25) is 0 Å². The normalized spacial score (nSPS) is 14.4. The minimum atomic E-state index is -0.537. The largest absolute Gasteiger partial charge is 0.310 e. The molecule has 0 aliphatic heterocycles. The highest BCUT2D eigenvalue weighted by molar-refractivity contribution is 7.20. The van der Waals surface area contributed by atoms with E-state index in [1.807, 2.05) is 11.3 Å². The standard InChI is InChI=1S/C57H38N2S/c1-5-18-39(19-6-1)40-32-34-44(35-33-40)58(41-20-7-2-8-21-41)45-36-37-47-46-26-13-15-28-49(46)57(51(47)38-45)50-29-17-30-52(55(50)54-48-27-14-16-31-53(48)60-56(54)57)59(42-22-9-3-10-23-42)43-24-11-4-12-25-43/h1-38H. The zero-order valence-corrected chi connectivity index (χ0v) is 33.6. The first-order valence-electron chi connectivity index (χ1n) is 20.6. The van der Waals surface area contributed by atoms with E-state index in [0.29, 0.717) is 0 Å². The third-order valence-electron chi connectivity index (χ3n) is 12.4. The fourth-order valence-electron chi connectivity index (χ4n) is 9.96. The Morgan fingerprint density at radius 1 is 0.333 bits per heavy atom. The number of para-hydroxylation sites is 3. The van der Waals surface area contributed by atoms with Crippen molar-refractivity contribution in [3.8, 4) is 33.4 Å². The van der Waals surface area contributed by atoms with E-state index < -0.39 is 5.41 Å². The molecule has 0 saturated carbocycles. The van der Waals surface area contributed by atoms with Crippen molar-refractivity contribution in [2.24, 2.45) is 0 Å². The van der Waals surface area contributed by atoms with E-state index in [-0.39, 0.29) is 0 Å². The fraction of sp³-hybridized carbons (Fsp3) is 0.0175. The Labute approximate surface area is 354 Å². The quantitative estimate of drug-likeness (QED) is 0.159. The highest BCUT2D eigenvalue weighted by Gasteiger charge is 2.54. The van der Waals surface area contributed by atoms with Crippen LogP contribution < -0.4 is 9.80 Å². The summed E-state index contributed by atoms with van der Waals surface area (Å²) in [4.78, 5) is 6.24. The Hall–Kier alpha value is -7.46. The number of hydrogen-bond donors (Lipinski definition) is 0. The predicted octanol–water partition coefficient (Wildman–Crippen LogP) is 15.9. The monoisotopic (exact) mass is 782 g/mol. The molecule has 2 aliphatic carbocycles. The summed E-state index contributed by atoms with van der Waals surface area (Å²) in [6.45, 7) is 0. The van der Waals surface area contributed by atoms with Gasteiger partial charge in [0.2, 0.25) is 0 Å². The van der Waals surface area contributed by atoms with Gasteiger partial charge in [-0.05, 0) is 112 Å². The van der Waals surface area contributed by atoms with Crippen molar-refractivity contribution in [3.05, 3.63) is 252 Å². The molecule has 282 valence electrons. The molecule has 12 rings (SSSR count). The number of benzene rings is 9. The van der Waals surface area contributed by atoms with Crippen molar-refractivity contribution in [3.63, 3.8) is 0 Å². The van der Waals surface area contributed by atoms with Gasteiger partial charge in [0.15, 0.2) is 0 Å². The van der Waals surface area contributed by atoms with Crippen LogP contribution in [-0.2, 0) is 5.41 Å². The van der Waals surface area contributed by atoms with Gasteiger partial charge in [-0.25, -0.2) is 0 Å². The molecule has 1 unspecified atom stereocenters. The number of thiophene rings is 1. The molecule has 0 N–H and O–H groups in total. The van der Waals surface area contributed by atoms with E-state index in [1.54, 1.807) is 0 Å². The van der Waals surface area contributed by atoms with E-state index >= 15 is 0 Å². The van der Waals surface area contributed by atoms with Gasteiger partial charge >= 0.3 is 0 Å².